The fourth-order valence-electron chi connectivity index (χ4n) is 3.20. The van der Waals surface area contributed by atoms with Crippen LogP contribution in [0.15, 0.2) is 77.0 Å². The minimum absolute atomic E-state index is 0.227. The molecule has 0 unspecified atom stereocenters. The molecule has 0 radical (unpaired) electrons. The summed E-state index contributed by atoms with van der Waals surface area (Å²) in [5.74, 6) is 0.574. The lowest BCUT2D eigenvalue weighted by Gasteiger charge is -2.09. The van der Waals surface area contributed by atoms with Crippen LogP contribution < -0.4 is 15.5 Å². The number of hydrazone groups is 1. The standard InChI is InChI=1S/C25H21ClN4O3S2/c1-33-19-10-9-16(12-17(19)15-34-22-8-4-5-11-27-22)13-29-30-21(31)14-28-25(32)24-23(26)18-6-2-3-7-20(18)35-24/h2-13H,14-15H2,1H3,(H,28,32)(H,30,31). The Hall–Kier alpha value is -3.40. The number of hydrogen-bond acceptors (Lipinski definition) is 7. The molecule has 0 atom stereocenters. The summed E-state index contributed by atoms with van der Waals surface area (Å²) >= 11 is 9.20. The second-order valence-corrected chi connectivity index (χ2v) is 9.67. The molecular weight excluding hydrogens is 504 g/mol. The molecule has 0 aliphatic carbocycles. The molecule has 0 aliphatic heterocycles. The van der Waals surface area contributed by atoms with Gasteiger partial charge in [0, 0.05) is 27.6 Å². The van der Waals surface area contributed by atoms with Crippen molar-refractivity contribution in [1.29, 1.82) is 0 Å². The minimum Gasteiger partial charge on any atom is -0.496 e. The van der Waals surface area contributed by atoms with Crippen LogP contribution in [0.2, 0.25) is 5.02 Å². The quantitative estimate of drug-likeness (QED) is 0.180. The van der Waals surface area contributed by atoms with Crippen molar-refractivity contribution in [2.75, 3.05) is 13.7 Å². The number of benzene rings is 2. The first-order valence-corrected chi connectivity index (χ1v) is 12.7. The second-order valence-electron chi connectivity index (χ2n) is 7.25. The Morgan fingerprint density at radius 1 is 1.17 bits per heavy atom. The van der Waals surface area contributed by atoms with E-state index in [1.54, 1.807) is 25.1 Å². The van der Waals surface area contributed by atoms with E-state index in [0.29, 0.717) is 15.7 Å². The number of amides is 2. The molecule has 2 N–H and O–H groups in total. The fourth-order valence-corrected chi connectivity index (χ4v) is 5.47. The maximum absolute atomic E-state index is 12.5. The number of thiophene rings is 1. The van der Waals surface area contributed by atoms with Gasteiger partial charge in [0.05, 0.1) is 29.9 Å². The number of aromatic nitrogens is 1. The maximum atomic E-state index is 12.5. The Kier molecular flexibility index (Phi) is 8.36. The number of halogens is 1. The third-order valence-corrected chi connectivity index (χ3v) is 7.54. The van der Waals surface area contributed by atoms with Crippen LogP contribution in [0.5, 0.6) is 5.75 Å². The summed E-state index contributed by atoms with van der Waals surface area (Å²) in [4.78, 5) is 29.3. The molecule has 0 spiro atoms. The number of ether oxygens (including phenoxy) is 1. The smallest absolute Gasteiger partial charge is 0.263 e. The lowest BCUT2D eigenvalue weighted by atomic mass is 10.1. The van der Waals surface area contributed by atoms with Crippen LogP contribution >= 0.6 is 34.7 Å². The molecule has 2 aromatic carbocycles. The Bertz CT molecular complexity index is 1380. The number of thioether (sulfide) groups is 1. The Morgan fingerprint density at radius 3 is 2.77 bits per heavy atom. The highest BCUT2D eigenvalue weighted by atomic mass is 35.5. The van der Waals surface area contributed by atoms with Crippen LogP contribution in [0.1, 0.15) is 20.8 Å². The molecule has 0 aliphatic rings. The summed E-state index contributed by atoms with van der Waals surface area (Å²) < 4.78 is 6.36. The summed E-state index contributed by atoms with van der Waals surface area (Å²) in [6, 6.07) is 18.9. The van der Waals surface area contributed by atoms with Crippen molar-refractivity contribution in [3.05, 3.63) is 87.9 Å². The number of hydrogen-bond donors (Lipinski definition) is 2. The number of methoxy groups -OCH3 is 1. The van der Waals surface area contributed by atoms with Crippen molar-refractivity contribution in [3.63, 3.8) is 0 Å². The first-order chi connectivity index (χ1) is 17.0. The van der Waals surface area contributed by atoms with Gasteiger partial charge in [0.15, 0.2) is 0 Å². The van der Waals surface area contributed by atoms with Crippen LogP contribution in [0.3, 0.4) is 0 Å². The number of fused-ring (bicyclic) bond motifs is 1. The van der Waals surface area contributed by atoms with E-state index >= 15 is 0 Å². The van der Waals surface area contributed by atoms with Gasteiger partial charge in [0.25, 0.3) is 11.8 Å². The van der Waals surface area contributed by atoms with Crippen LogP contribution in [-0.2, 0) is 10.5 Å². The highest BCUT2D eigenvalue weighted by Crippen LogP contribution is 2.35. The Balaban J connectivity index is 1.31. The number of rotatable bonds is 9. The van der Waals surface area contributed by atoms with E-state index in [1.807, 2.05) is 60.7 Å². The SMILES string of the molecule is COc1ccc(C=NNC(=O)CNC(=O)c2sc3ccccc3c2Cl)cc1CSc1ccccn1. The Morgan fingerprint density at radius 2 is 2.00 bits per heavy atom. The third-order valence-electron chi connectivity index (χ3n) is 4.87. The zero-order valence-electron chi connectivity index (χ0n) is 18.7. The molecule has 7 nitrogen and oxygen atoms in total. The molecule has 10 heteroatoms. The number of carbonyl (C=O) groups is 2. The largest absolute Gasteiger partial charge is 0.496 e. The van der Waals surface area contributed by atoms with E-state index in [9.17, 15) is 9.59 Å². The van der Waals surface area contributed by atoms with Crippen molar-refractivity contribution in [3.8, 4) is 5.75 Å². The van der Waals surface area contributed by atoms with Gasteiger partial charge in [0.1, 0.15) is 10.6 Å². The molecular formula is C25H21ClN4O3S2. The van der Waals surface area contributed by atoms with Crippen LogP contribution in [-0.4, -0.2) is 36.7 Å². The fraction of sp³-hybridized carbons (Fsp3) is 0.120. The van der Waals surface area contributed by atoms with Gasteiger partial charge >= 0.3 is 0 Å². The third kappa shape index (κ3) is 6.39. The van der Waals surface area contributed by atoms with Crippen molar-refractivity contribution in [2.45, 2.75) is 10.8 Å². The first kappa shape index (κ1) is 24.7. The molecule has 178 valence electrons. The maximum Gasteiger partial charge on any atom is 0.263 e. The topological polar surface area (TPSA) is 92.7 Å². The highest BCUT2D eigenvalue weighted by molar-refractivity contribution is 7.98. The predicted molar refractivity (Wildman–Crippen MR) is 142 cm³/mol. The van der Waals surface area contributed by atoms with Gasteiger partial charge in [-0.15, -0.1) is 23.1 Å². The van der Waals surface area contributed by atoms with E-state index in [0.717, 1.165) is 32.0 Å². The van der Waals surface area contributed by atoms with Crippen molar-refractivity contribution in [2.24, 2.45) is 5.10 Å². The first-order valence-electron chi connectivity index (χ1n) is 10.5. The number of nitrogens with zero attached hydrogens (tertiary/aromatic N) is 2. The van der Waals surface area contributed by atoms with Gasteiger partial charge in [-0.25, -0.2) is 10.4 Å². The Labute approximate surface area is 215 Å². The summed E-state index contributed by atoms with van der Waals surface area (Å²) in [7, 11) is 1.62. The van der Waals surface area contributed by atoms with Gasteiger partial charge in [-0.1, -0.05) is 35.9 Å². The molecule has 2 heterocycles. The second kappa shape index (κ2) is 11.8. The average molecular weight is 525 g/mol. The van der Waals surface area contributed by atoms with E-state index in [2.05, 4.69) is 20.8 Å². The minimum atomic E-state index is -0.453. The van der Waals surface area contributed by atoms with Gasteiger partial charge in [0.2, 0.25) is 0 Å². The number of nitrogens with one attached hydrogen (secondary N) is 2. The lowest BCUT2D eigenvalue weighted by Crippen LogP contribution is -2.34. The molecule has 35 heavy (non-hydrogen) atoms. The molecule has 0 saturated heterocycles. The van der Waals surface area contributed by atoms with Gasteiger partial charge in [-0.05, 0) is 42.0 Å². The highest BCUT2D eigenvalue weighted by Gasteiger charge is 2.17. The summed E-state index contributed by atoms with van der Waals surface area (Å²) in [6.07, 6.45) is 3.29. The summed E-state index contributed by atoms with van der Waals surface area (Å²) in [6.45, 7) is -0.227. The molecule has 0 bridgehead atoms. The molecule has 0 saturated carbocycles. The van der Waals surface area contributed by atoms with E-state index < -0.39 is 11.8 Å². The van der Waals surface area contributed by atoms with Gasteiger partial charge in [-0.2, -0.15) is 5.10 Å². The predicted octanol–water partition coefficient (Wildman–Crippen LogP) is 5.13. The van der Waals surface area contributed by atoms with E-state index in [4.69, 9.17) is 16.3 Å². The molecule has 0 fully saturated rings. The zero-order valence-corrected chi connectivity index (χ0v) is 21.0. The van der Waals surface area contributed by atoms with Crippen LogP contribution in [0.4, 0.5) is 0 Å². The normalized spacial score (nSPS) is 11.0. The van der Waals surface area contributed by atoms with Crippen molar-refractivity contribution >= 4 is 62.8 Å². The van der Waals surface area contributed by atoms with Crippen molar-refractivity contribution in [1.82, 2.24) is 15.7 Å². The van der Waals surface area contributed by atoms with Crippen LogP contribution in [0.25, 0.3) is 10.1 Å². The monoisotopic (exact) mass is 524 g/mol. The summed E-state index contributed by atoms with van der Waals surface area (Å²) in [5.41, 5.74) is 4.20. The molecule has 2 amide bonds. The van der Waals surface area contributed by atoms with E-state index in [-0.39, 0.29) is 6.54 Å². The number of pyridine rings is 1. The zero-order chi connectivity index (χ0) is 24.6. The number of carbonyl (C=O) groups excluding carboxylic acids is 2. The average Bonchev–Trinajstić information content (AvgIpc) is 3.23. The lowest BCUT2D eigenvalue weighted by molar-refractivity contribution is -0.120. The molecule has 4 aromatic rings. The van der Waals surface area contributed by atoms with Gasteiger partial charge < -0.3 is 10.1 Å². The van der Waals surface area contributed by atoms with Gasteiger partial charge in [-0.3, -0.25) is 9.59 Å². The molecule has 2 aromatic heterocycles. The van der Waals surface area contributed by atoms with E-state index in [1.165, 1.54) is 17.6 Å². The summed E-state index contributed by atoms with van der Waals surface area (Å²) in [5, 5.41) is 8.70. The van der Waals surface area contributed by atoms with Crippen LogP contribution in [0, 0.1) is 0 Å². The van der Waals surface area contributed by atoms with Crippen molar-refractivity contribution < 1.29 is 14.3 Å². The molecule has 4 rings (SSSR count).